The van der Waals surface area contributed by atoms with Crippen molar-refractivity contribution in [3.05, 3.63) is 61.7 Å². The van der Waals surface area contributed by atoms with Crippen LogP contribution in [-0.2, 0) is 0 Å². The molecular weight excluding hydrogens is 236 g/mol. The van der Waals surface area contributed by atoms with Crippen LogP contribution in [0, 0.1) is 0 Å². The molecule has 0 unspecified atom stereocenters. The summed E-state index contributed by atoms with van der Waals surface area (Å²) in [5.74, 6) is 0.802. The Hall–Kier alpha value is -2.62. The van der Waals surface area contributed by atoms with Gasteiger partial charge in [-0.25, -0.2) is 4.98 Å². The fourth-order valence-electron chi connectivity index (χ4n) is 2.10. The van der Waals surface area contributed by atoms with Gasteiger partial charge < -0.3 is 5.32 Å². The molecule has 3 rings (SSSR count). The molecule has 2 aromatic heterocycles. The zero-order valence-corrected chi connectivity index (χ0v) is 10.5. The third kappa shape index (κ3) is 2.08. The molecule has 0 saturated carbocycles. The van der Waals surface area contributed by atoms with Crippen LogP contribution in [0.25, 0.3) is 16.5 Å². The quantitative estimate of drug-likeness (QED) is 0.724. The highest BCUT2D eigenvalue weighted by molar-refractivity contribution is 5.89. The van der Waals surface area contributed by atoms with Crippen molar-refractivity contribution in [1.29, 1.82) is 0 Å². The van der Waals surface area contributed by atoms with Gasteiger partial charge in [0.05, 0.1) is 5.69 Å². The molecule has 0 bridgehead atoms. The average Bonchev–Trinajstić information content (AvgIpc) is 2.92. The highest BCUT2D eigenvalue weighted by Crippen LogP contribution is 2.23. The minimum absolute atomic E-state index is 0.681. The maximum Gasteiger partial charge on any atom is 0.207 e. The lowest BCUT2D eigenvalue weighted by Gasteiger charge is -2.11. The van der Waals surface area contributed by atoms with Crippen molar-refractivity contribution in [3.8, 4) is 5.69 Å². The molecule has 0 saturated heterocycles. The zero-order valence-electron chi connectivity index (χ0n) is 10.5. The molecule has 0 aliphatic heterocycles. The molecule has 0 fully saturated rings. The van der Waals surface area contributed by atoms with E-state index in [2.05, 4.69) is 34.0 Å². The minimum Gasteiger partial charge on any atom is -0.352 e. The maximum atomic E-state index is 4.32. The van der Waals surface area contributed by atoms with Crippen LogP contribution in [0.3, 0.4) is 0 Å². The average molecular weight is 250 g/mol. The summed E-state index contributed by atoms with van der Waals surface area (Å²) in [4.78, 5) is 8.53. The Morgan fingerprint density at radius 1 is 1.26 bits per heavy atom. The van der Waals surface area contributed by atoms with Gasteiger partial charge in [0.2, 0.25) is 5.95 Å². The Balaban J connectivity index is 2.14. The predicted octanol–water partition coefficient (Wildman–Crippen LogP) is 3.02. The van der Waals surface area contributed by atoms with Gasteiger partial charge in [0, 0.05) is 36.7 Å². The fourth-order valence-corrected chi connectivity index (χ4v) is 2.10. The smallest absolute Gasteiger partial charge is 0.207 e. The van der Waals surface area contributed by atoms with Crippen molar-refractivity contribution < 1.29 is 0 Å². The summed E-state index contributed by atoms with van der Waals surface area (Å²) in [6, 6.07) is 8.18. The number of hydrogen-bond donors (Lipinski definition) is 1. The monoisotopic (exact) mass is 250 g/mol. The number of nitrogens with zero attached hydrogens (tertiary/aromatic N) is 3. The number of imidazole rings is 1. The number of anilines is 1. The van der Waals surface area contributed by atoms with E-state index in [1.54, 1.807) is 12.4 Å². The van der Waals surface area contributed by atoms with Gasteiger partial charge in [-0.1, -0.05) is 18.2 Å². The Bertz CT molecular complexity index is 709. The van der Waals surface area contributed by atoms with Crippen LogP contribution in [0.5, 0.6) is 0 Å². The van der Waals surface area contributed by atoms with E-state index in [0.717, 1.165) is 22.4 Å². The van der Waals surface area contributed by atoms with Crippen molar-refractivity contribution >= 4 is 16.7 Å². The molecule has 0 amide bonds. The molecule has 0 atom stereocenters. The Morgan fingerprint density at radius 2 is 2.21 bits per heavy atom. The molecule has 2 heterocycles. The minimum atomic E-state index is 0.681. The second-order valence-corrected chi connectivity index (χ2v) is 4.16. The molecule has 0 radical (unpaired) electrons. The van der Waals surface area contributed by atoms with Crippen LogP contribution in [0.1, 0.15) is 0 Å². The van der Waals surface area contributed by atoms with E-state index >= 15 is 0 Å². The summed E-state index contributed by atoms with van der Waals surface area (Å²) in [5, 5.41) is 5.48. The lowest BCUT2D eigenvalue weighted by atomic mass is 10.1. The van der Waals surface area contributed by atoms with Gasteiger partial charge in [0.25, 0.3) is 0 Å². The van der Waals surface area contributed by atoms with E-state index in [-0.39, 0.29) is 0 Å². The number of pyridine rings is 1. The van der Waals surface area contributed by atoms with Gasteiger partial charge in [-0.2, -0.15) is 0 Å². The second kappa shape index (κ2) is 4.94. The molecule has 0 spiro atoms. The first-order chi connectivity index (χ1) is 9.40. The molecule has 1 aromatic carbocycles. The number of benzene rings is 1. The van der Waals surface area contributed by atoms with Crippen LogP contribution in [-0.4, -0.2) is 21.1 Å². The van der Waals surface area contributed by atoms with E-state index in [0.29, 0.717) is 6.54 Å². The van der Waals surface area contributed by atoms with Gasteiger partial charge in [0.15, 0.2) is 0 Å². The molecule has 3 aromatic rings. The van der Waals surface area contributed by atoms with Gasteiger partial charge >= 0.3 is 0 Å². The number of fused-ring (bicyclic) bond motifs is 1. The summed E-state index contributed by atoms with van der Waals surface area (Å²) in [6.07, 6.45) is 9.20. The van der Waals surface area contributed by atoms with Crippen LogP contribution in [0.15, 0.2) is 61.7 Å². The Labute approximate surface area is 111 Å². The standard InChI is InChI=1S/C15H14N4/c1-2-7-17-15-18-9-10-19(15)14-5-3-4-12-6-8-16-11-13(12)14/h2-6,8-11H,1,7H2,(H,17,18). The first kappa shape index (κ1) is 11.5. The molecule has 94 valence electrons. The summed E-state index contributed by atoms with van der Waals surface area (Å²) in [5.41, 5.74) is 1.06. The predicted molar refractivity (Wildman–Crippen MR) is 77.6 cm³/mol. The lowest BCUT2D eigenvalue weighted by molar-refractivity contribution is 1.05. The zero-order chi connectivity index (χ0) is 13.1. The molecule has 0 aliphatic rings. The summed E-state index contributed by atoms with van der Waals surface area (Å²) >= 11 is 0. The number of hydrogen-bond acceptors (Lipinski definition) is 3. The van der Waals surface area contributed by atoms with E-state index in [1.807, 2.05) is 35.2 Å². The summed E-state index contributed by atoms with van der Waals surface area (Å²) in [6.45, 7) is 4.38. The molecule has 4 heteroatoms. The van der Waals surface area contributed by atoms with Gasteiger partial charge in [-0.05, 0) is 17.5 Å². The second-order valence-electron chi connectivity index (χ2n) is 4.16. The molecule has 4 nitrogen and oxygen atoms in total. The van der Waals surface area contributed by atoms with Crippen molar-refractivity contribution in [3.63, 3.8) is 0 Å². The van der Waals surface area contributed by atoms with Gasteiger partial charge in [-0.15, -0.1) is 6.58 Å². The van der Waals surface area contributed by atoms with E-state index in [4.69, 9.17) is 0 Å². The van der Waals surface area contributed by atoms with Crippen molar-refractivity contribution in [2.24, 2.45) is 0 Å². The maximum absolute atomic E-state index is 4.32. The highest BCUT2D eigenvalue weighted by Gasteiger charge is 2.07. The normalized spacial score (nSPS) is 10.5. The first-order valence-corrected chi connectivity index (χ1v) is 6.11. The lowest BCUT2D eigenvalue weighted by Crippen LogP contribution is -2.05. The highest BCUT2D eigenvalue weighted by atomic mass is 15.2. The fraction of sp³-hybridized carbons (Fsp3) is 0.0667. The van der Waals surface area contributed by atoms with Crippen LogP contribution in [0.2, 0.25) is 0 Å². The van der Waals surface area contributed by atoms with E-state index < -0.39 is 0 Å². The Kier molecular flexibility index (Phi) is 2.98. The van der Waals surface area contributed by atoms with Gasteiger partial charge in [0.1, 0.15) is 0 Å². The van der Waals surface area contributed by atoms with E-state index in [1.165, 1.54) is 0 Å². The molecule has 1 N–H and O–H groups in total. The summed E-state index contributed by atoms with van der Waals surface area (Å²) < 4.78 is 2.02. The third-order valence-electron chi connectivity index (χ3n) is 2.97. The SMILES string of the molecule is C=CCNc1nccn1-c1cccc2ccncc12. The third-order valence-corrected chi connectivity index (χ3v) is 2.97. The number of aromatic nitrogens is 3. The van der Waals surface area contributed by atoms with Crippen molar-refractivity contribution in [2.45, 2.75) is 0 Å². The molecule has 0 aliphatic carbocycles. The van der Waals surface area contributed by atoms with Crippen LogP contribution in [0.4, 0.5) is 5.95 Å². The van der Waals surface area contributed by atoms with Crippen molar-refractivity contribution in [1.82, 2.24) is 14.5 Å². The Morgan fingerprint density at radius 3 is 3.11 bits per heavy atom. The van der Waals surface area contributed by atoms with Crippen LogP contribution < -0.4 is 5.32 Å². The van der Waals surface area contributed by atoms with Crippen LogP contribution >= 0.6 is 0 Å². The molecular formula is C15H14N4. The van der Waals surface area contributed by atoms with Crippen molar-refractivity contribution in [2.75, 3.05) is 11.9 Å². The number of rotatable bonds is 4. The number of nitrogens with one attached hydrogen (secondary N) is 1. The summed E-state index contributed by atoms with van der Waals surface area (Å²) in [7, 11) is 0. The first-order valence-electron chi connectivity index (χ1n) is 6.11. The topological polar surface area (TPSA) is 42.7 Å². The largest absolute Gasteiger partial charge is 0.352 e. The van der Waals surface area contributed by atoms with E-state index in [9.17, 15) is 0 Å². The van der Waals surface area contributed by atoms with Gasteiger partial charge in [-0.3, -0.25) is 9.55 Å². The molecule has 19 heavy (non-hydrogen) atoms.